The van der Waals surface area contributed by atoms with E-state index in [0.717, 1.165) is 21.3 Å². The highest BCUT2D eigenvalue weighted by Gasteiger charge is 2.42. The number of rotatable bonds is 4. The smallest absolute Gasteiger partial charge is 0.272 e. The molecule has 4 rings (SSSR count). The van der Waals surface area contributed by atoms with Crippen LogP contribution in [0.3, 0.4) is 0 Å². The van der Waals surface area contributed by atoms with Crippen molar-refractivity contribution in [3.63, 3.8) is 0 Å². The first kappa shape index (κ1) is 20.8. The highest BCUT2D eigenvalue weighted by molar-refractivity contribution is 9.10. The van der Waals surface area contributed by atoms with E-state index in [2.05, 4.69) is 38.4 Å². The summed E-state index contributed by atoms with van der Waals surface area (Å²) in [4.78, 5) is 31.9. The van der Waals surface area contributed by atoms with Gasteiger partial charge in [0.15, 0.2) is 0 Å². The molecule has 0 radical (unpaired) electrons. The molecule has 2 heterocycles. The van der Waals surface area contributed by atoms with E-state index in [1.54, 1.807) is 0 Å². The lowest BCUT2D eigenvalue weighted by molar-refractivity contribution is -0.119. The normalized spacial score (nSPS) is 18.2. The molecule has 2 N–H and O–H groups in total. The molecule has 6 nitrogen and oxygen atoms in total. The standard InChI is InChI=1S/C23H25BrN4O2/c1-15-3-8-19(13-16(15)2)25-20(29)14-28-11-9-23(10-12-28)26-21(22(30)27-23)17-4-6-18(24)7-5-17/h3-8,13H,9-12,14H2,1-2H3,(H,25,29)(H,27,30). The molecule has 7 heteroatoms. The van der Waals surface area contributed by atoms with Crippen LogP contribution in [0.5, 0.6) is 0 Å². The van der Waals surface area contributed by atoms with Gasteiger partial charge in [-0.05, 0) is 49.2 Å². The molecule has 0 aliphatic carbocycles. The number of benzene rings is 2. The number of anilines is 1. The Labute approximate surface area is 184 Å². The Hall–Kier alpha value is -2.51. The number of piperidine rings is 1. The SMILES string of the molecule is Cc1ccc(NC(=O)CN2CCC3(CC2)N=C(c2ccc(Br)cc2)C(=O)N3)cc1C. The van der Waals surface area contributed by atoms with Crippen molar-refractivity contribution in [2.24, 2.45) is 4.99 Å². The van der Waals surface area contributed by atoms with Gasteiger partial charge in [-0.15, -0.1) is 0 Å². The minimum absolute atomic E-state index is 0.0243. The zero-order valence-electron chi connectivity index (χ0n) is 17.2. The van der Waals surface area contributed by atoms with Gasteiger partial charge in [0.25, 0.3) is 5.91 Å². The van der Waals surface area contributed by atoms with Crippen LogP contribution < -0.4 is 10.6 Å². The highest BCUT2D eigenvalue weighted by atomic mass is 79.9. The molecular weight excluding hydrogens is 444 g/mol. The number of amides is 2. The van der Waals surface area contributed by atoms with Gasteiger partial charge < -0.3 is 10.6 Å². The number of nitrogens with zero attached hydrogens (tertiary/aromatic N) is 2. The Kier molecular flexibility index (Phi) is 5.75. The third-order valence-corrected chi connectivity index (χ3v) is 6.37. The van der Waals surface area contributed by atoms with Gasteiger partial charge in [0, 0.05) is 41.7 Å². The molecule has 1 saturated heterocycles. The van der Waals surface area contributed by atoms with Crippen LogP contribution in [-0.4, -0.2) is 47.7 Å². The fraction of sp³-hybridized carbons (Fsp3) is 0.348. The second-order valence-electron chi connectivity index (χ2n) is 8.08. The number of aliphatic imine (C=N–C) groups is 1. The van der Waals surface area contributed by atoms with Gasteiger partial charge in [0.2, 0.25) is 5.91 Å². The second kappa shape index (κ2) is 8.32. The predicted molar refractivity (Wildman–Crippen MR) is 122 cm³/mol. The molecule has 0 aromatic heterocycles. The van der Waals surface area contributed by atoms with Crippen molar-refractivity contribution in [1.82, 2.24) is 10.2 Å². The molecule has 0 saturated carbocycles. The third kappa shape index (κ3) is 4.47. The molecule has 0 bridgehead atoms. The van der Waals surface area contributed by atoms with Gasteiger partial charge in [0.05, 0.1) is 6.54 Å². The van der Waals surface area contributed by atoms with Gasteiger partial charge >= 0.3 is 0 Å². The Balaban J connectivity index is 1.35. The van der Waals surface area contributed by atoms with Crippen molar-refractivity contribution in [2.75, 3.05) is 25.0 Å². The molecule has 2 aromatic carbocycles. The molecule has 2 amide bonds. The lowest BCUT2D eigenvalue weighted by Crippen LogP contribution is -2.52. The Morgan fingerprint density at radius 3 is 2.50 bits per heavy atom. The summed E-state index contributed by atoms with van der Waals surface area (Å²) < 4.78 is 0.965. The van der Waals surface area contributed by atoms with E-state index < -0.39 is 5.66 Å². The molecule has 0 unspecified atom stereocenters. The van der Waals surface area contributed by atoms with Gasteiger partial charge in [-0.3, -0.25) is 19.5 Å². The van der Waals surface area contributed by atoms with Crippen molar-refractivity contribution in [1.29, 1.82) is 0 Å². The number of hydrogen-bond acceptors (Lipinski definition) is 4. The third-order valence-electron chi connectivity index (χ3n) is 5.85. The summed E-state index contributed by atoms with van der Waals surface area (Å²) in [5.74, 6) is -0.151. The first-order valence-corrected chi connectivity index (χ1v) is 10.9. The maximum Gasteiger partial charge on any atom is 0.272 e. The van der Waals surface area contributed by atoms with E-state index in [1.165, 1.54) is 5.56 Å². The molecular formula is C23H25BrN4O2. The minimum Gasteiger partial charge on any atom is -0.326 e. The monoisotopic (exact) mass is 468 g/mol. The summed E-state index contributed by atoms with van der Waals surface area (Å²) in [6.45, 7) is 5.83. The van der Waals surface area contributed by atoms with E-state index in [9.17, 15) is 9.59 Å². The van der Waals surface area contributed by atoms with Crippen LogP contribution in [-0.2, 0) is 9.59 Å². The van der Waals surface area contributed by atoms with Crippen LogP contribution in [0.4, 0.5) is 5.69 Å². The summed E-state index contributed by atoms with van der Waals surface area (Å²) >= 11 is 3.41. The number of carbonyl (C=O) groups is 2. The van der Waals surface area contributed by atoms with Gasteiger partial charge in [-0.2, -0.15) is 0 Å². The molecule has 30 heavy (non-hydrogen) atoms. The number of nitrogens with one attached hydrogen (secondary N) is 2. The molecule has 2 aliphatic heterocycles. The fourth-order valence-electron chi connectivity index (χ4n) is 3.91. The quantitative estimate of drug-likeness (QED) is 0.721. The topological polar surface area (TPSA) is 73.8 Å². The average molecular weight is 469 g/mol. The molecule has 1 spiro atoms. The molecule has 0 atom stereocenters. The van der Waals surface area contributed by atoms with Crippen molar-refractivity contribution >= 4 is 39.1 Å². The van der Waals surface area contributed by atoms with Gasteiger partial charge in [-0.25, -0.2) is 0 Å². The molecule has 1 fully saturated rings. The van der Waals surface area contributed by atoms with E-state index in [1.807, 2.05) is 49.4 Å². The predicted octanol–water partition coefficient (Wildman–Crippen LogP) is 3.42. The molecule has 2 aromatic rings. The number of halogens is 1. The average Bonchev–Trinajstić information content (AvgIpc) is 3.03. The van der Waals surface area contributed by atoms with Crippen LogP contribution in [0.15, 0.2) is 51.9 Å². The van der Waals surface area contributed by atoms with Gasteiger partial charge in [0.1, 0.15) is 11.4 Å². The largest absolute Gasteiger partial charge is 0.326 e. The first-order valence-electron chi connectivity index (χ1n) is 10.1. The van der Waals surface area contributed by atoms with Gasteiger partial charge in [-0.1, -0.05) is 34.1 Å². The molecule has 2 aliphatic rings. The molecule has 156 valence electrons. The van der Waals surface area contributed by atoms with Crippen LogP contribution in [0, 0.1) is 13.8 Å². The van der Waals surface area contributed by atoms with Crippen molar-refractivity contribution < 1.29 is 9.59 Å². The lowest BCUT2D eigenvalue weighted by atomic mass is 9.98. The van der Waals surface area contributed by atoms with Crippen molar-refractivity contribution in [3.05, 3.63) is 63.6 Å². The summed E-state index contributed by atoms with van der Waals surface area (Å²) in [6, 6.07) is 13.5. The first-order chi connectivity index (χ1) is 14.3. The number of likely N-dealkylation sites (tertiary alicyclic amines) is 1. The number of aryl methyl sites for hydroxylation is 2. The lowest BCUT2D eigenvalue weighted by Gasteiger charge is -2.36. The van der Waals surface area contributed by atoms with Crippen molar-refractivity contribution in [2.45, 2.75) is 32.4 Å². The summed E-state index contributed by atoms with van der Waals surface area (Å²) in [7, 11) is 0. The summed E-state index contributed by atoms with van der Waals surface area (Å²) in [5.41, 5.74) is 3.94. The zero-order chi connectivity index (χ0) is 21.3. The van der Waals surface area contributed by atoms with Crippen LogP contribution in [0.25, 0.3) is 0 Å². The summed E-state index contributed by atoms with van der Waals surface area (Å²) in [6.07, 6.45) is 1.38. The van der Waals surface area contributed by atoms with E-state index in [4.69, 9.17) is 4.99 Å². The highest BCUT2D eigenvalue weighted by Crippen LogP contribution is 2.29. The van der Waals surface area contributed by atoms with Crippen molar-refractivity contribution in [3.8, 4) is 0 Å². The summed E-state index contributed by atoms with van der Waals surface area (Å²) in [5, 5.41) is 6.05. The maximum atomic E-state index is 12.5. The van der Waals surface area contributed by atoms with E-state index >= 15 is 0 Å². The van der Waals surface area contributed by atoms with Crippen LogP contribution in [0.2, 0.25) is 0 Å². The number of carbonyl (C=O) groups excluding carboxylic acids is 2. The zero-order valence-corrected chi connectivity index (χ0v) is 18.8. The minimum atomic E-state index is -0.555. The fourth-order valence-corrected chi connectivity index (χ4v) is 4.17. The van der Waals surface area contributed by atoms with Crippen LogP contribution in [0.1, 0.15) is 29.5 Å². The van der Waals surface area contributed by atoms with E-state index in [0.29, 0.717) is 38.2 Å². The second-order valence-corrected chi connectivity index (χ2v) is 8.99. The number of hydrogen-bond donors (Lipinski definition) is 2. The Morgan fingerprint density at radius 1 is 1.13 bits per heavy atom. The Morgan fingerprint density at radius 2 is 1.83 bits per heavy atom. The Bertz CT molecular complexity index is 1010. The van der Waals surface area contributed by atoms with E-state index in [-0.39, 0.29) is 11.8 Å². The van der Waals surface area contributed by atoms with Crippen LogP contribution >= 0.6 is 15.9 Å². The maximum absolute atomic E-state index is 12.5.